The van der Waals surface area contributed by atoms with E-state index in [1.54, 1.807) is 12.2 Å². The van der Waals surface area contributed by atoms with Crippen LogP contribution in [-0.4, -0.2) is 31.6 Å². The number of methoxy groups -OCH3 is 1. The Bertz CT molecular complexity index is 1500. The minimum atomic E-state index is -0.950. The van der Waals surface area contributed by atoms with Crippen LogP contribution in [0.1, 0.15) is 24.9 Å². The number of hydroxylamine groups is 1. The summed E-state index contributed by atoms with van der Waals surface area (Å²) >= 11 is 0. The highest BCUT2D eigenvalue weighted by molar-refractivity contribution is 6.26. The summed E-state index contributed by atoms with van der Waals surface area (Å²) in [4.78, 5) is 35.5. The highest BCUT2D eigenvalue weighted by Gasteiger charge is 2.60. The van der Waals surface area contributed by atoms with Crippen molar-refractivity contribution in [2.75, 3.05) is 23.7 Å². The van der Waals surface area contributed by atoms with Gasteiger partial charge in [0.15, 0.2) is 17.6 Å². The number of benzene rings is 4. The van der Waals surface area contributed by atoms with Crippen LogP contribution in [-0.2, 0) is 14.4 Å². The number of nitrogens with zero attached hydrogens (tertiary/aromatic N) is 2. The molecule has 2 fully saturated rings. The quantitative estimate of drug-likeness (QED) is 0.299. The molecule has 3 atom stereocenters. The molecule has 0 radical (unpaired) electrons. The summed E-state index contributed by atoms with van der Waals surface area (Å²) in [6.07, 6.45) is -0.0817. The maximum Gasteiger partial charge on any atom is 0.266 e. The Morgan fingerprint density at radius 3 is 2.39 bits per heavy atom. The summed E-state index contributed by atoms with van der Waals surface area (Å²) in [5, 5.41) is 3.48. The van der Waals surface area contributed by atoms with Gasteiger partial charge in [0.05, 0.1) is 31.1 Å². The molecule has 2 aliphatic heterocycles. The van der Waals surface area contributed by atoms with Crippen molar-refractivity contribution < 1.29 is 23.9 Å². The largest absolute Gasteiger partial charge is 0.493 e. The molecule has 2 heterocycles. The van der Waals surface area contributed by atoms with Crippen LogP contribution in [0.3, 0.4) is 0 Å². The Morgan fingerprint density at radius 2 is 1.61 bits per heavy atom. The average molecular weight is 509 g/mol. The number of imide groups is 1. The van der Waals surface area contributed by atoms with Crippen LogP contribution in [0.2, 0.25) is 0 Å². The summed E-state index contributed by atoms with van der Waals surface area (Å²) in [5.74, 6) is -0.199. The number of anilines is 2. The minimum Gasteiger partial charge on any atom is -0.493 e. The lowest BCUT2D eigenvalue weighted by Gasteiger charge is -2.29. The molecule has 4 aromatic carbocycles. The van der Waals surface area contributed by atoms with Crippen molar-refractivity contribution in [2.45, 2.75) is 25.5 Å². The van der Waals surface area contributed by atoms with E-state index in [-0.39, 0.29) is 11.8 Å². The summed E-state index contributed by atoms with van der Waals surface area (Å²) in [7, 11) is 1.59. The molecule has 192 valence electrons. The fraction of sp³-hybridized carbons (Fsp3) is 0.226. The van der Waals surface area contributed by atoms with Crippen molar-refractivity contribution >= 4 is 34.0 Å². The second-order valence-corrected chi connectivity index (χ2v) is 9.43. The highest BCUT2D eigenvalue weighted by atomic mass is 16.7. The van der Waals surface area contributed by atoms with E-state index < -0.39 is 18.1 Å². The van der Waals surface area contributed by atoms with Crippen LogP contribution in [0, 0.1) is 5.92 Å². The lowest BCUT2D eigenvalue weighted by atomic mass is 9.90. The molecule has 0 unspecified atom stereocenters. The number of ether oxygens (including phenoxy) is 2. The standard InChI is InChI=1S/C31H28N2O5/c1-3-18-37-25-17-16-21(19-26(25)36-2)28-27-29(38-33(28)22-12-5-4-6-13-22)31(35)32(30(27)34)24-15-9-11-20-10-7-8-14-23(20)24/h4-17,19,27-29H,3,18H2,1-2H3/t27-,28-,29-/m1/s1. The number of hydrogen-bond donors (Lipinski definition) is 0. The van der Waals surface area contributed by atoms with Crippen molar-refractivity contribution in [2.24, 2.45) is 5.92 Å². The molecule has 0 bridgehead atoms. The fourth-order valence-electron chi connectivity index (χ4n) is 5.39. The summed E-state index contributed by atoms with van der Waals surface area (Å²) in [6, 6.07) is 28.0. The van der Waals surface area contributed by atoms with Crippen LogP contribution < -0.4 is 19.4 Å². The van der Waals surface area contributed by atoms with Gasteiger partial charge >= 0.3 is 0 Å². The second-order valence-electron chi connectivity index (χ2n) is 9.43. The molecule has 0 N–H and O–H groups in total. The third-order valence-electron chi connectivity index (χ3n) is 7.12. The Hall–Kier alpha value is -4.36. The first-order valence-electron chi connectivity index (χ1n) is 12.8. The first kappa shape index (κ1) is 24.0. The Morgan fingerprint density at radius 1 is 0.842 bits per heavy atom. The number of fused-ring (bicyclic) bond motifs is 2. The molecule has 0 saturated carbocycles. The molecule has 4 aromatic rings. The van der Waals surface area contributed by atoms with Crippen molar-refractivity contribution in [3.8, 4) is 11.5 Å². The van der Waals surface area contributed by atoms with Gasteiger partial charge in [-0.05, 0) is 47.7 Å². The number of hydrogen-bond acceptors (Lipinski definition) is 6. The van der Waals surface area contributed by atoms with E-state index in [2.05, 4.69) is 0 Å². The van der Waals surface area contributed by atoms with Gasteiger partial charge in [0.1, 0.15) is 5.92 Å². The van der Waals surface area contributed by atoms with Gasteiger partial charge in [0.25, 0.3) is 5.91 Å². The van der Waals surface area contributed by atoms with Gasteiger partial charge < -0.3 is 9.47 Å². The second kappa shape index (κ2) is 9.84. The third-order valence-corrected chi connectivity index (χ3v) is 7.12. The molecule has 0 spiro atoms. The molecule has 0 aliphatic carbocycles. The zero-order valence-corrected chi connectivity index (χ0v) is 21.2. The van der Waals surface area contributed by atoms with Crippen molar-refractivity contribution in [3.63, 3.8) is 0 Å². The number of carbonyl (C=O) groups is 2. The zero-order valence-electron chi connectivity index (χ0n) is 21.2. The molecule has 7 heteroatoms. The molecular formula is C31H28N2O5. The predicted molar refractivity (Wildman–Crippen MR) is 145 cm³/mol. The molecule has 2 aliphatic rings. The smallest absolute Gasteiger partial charge is 0.266 e. The van der Waals surface area contributed by atoms with Gasteiger partial charge in [-0.1, -0.05) is 67.6 Å². The highest BCUT2D eigenvalue weighted by Crippen LogP contribution is 2.49. The lowest BCUT2D eigenvalue weighted by Crippen LogP contribution is -2.37. The van der Waals surface area contributed by atoms with E-state index in [1.807, 2.05) is 97.9 Å². The normalized spacial score (nSPS) is 20.7. The van der Waals surface area contributed by atoms with Crippen molar-refractivity contribution in [1.29, 1.82) is 0 Å². The van der Waals surface area contributed by atoms with E-state index in [1.165, 1.54) is 4.90 Å². The van der Waals surface area contributed by atoms with E-state index in [9.17, 15) is 9.59 Å². The maximum atomic E-state index is 14.1. The lowest BCUT2D eigenvalue weighted by molar-refractivity contribution is -0.126. The van der Waals surface area contributed by atoms with Crippen LogP contribution in [0.25, 0.3) is 10.8 Å². The zero-order chi connectivity index (χ0) is 26.2. The van der Waals surface area contributed by atoms with Gasteiger partial charge in [-0.3, -0.25) is 14.4 Å². The monoisotopic (exact) mass is 508 g/mol. The third kappa shape index (κ3) is 3.87. The van der Waals surface area contributed by atoms with Crippen LogP contribution in [0.5, 0.6) is 11.5 Å². The van der Waals surface area contributed by atoms with Crippen LogP contribution in [0.15, 0.2) is 91.0 Å². The summed E-state index contributed by atoms with van der Waals surface area (Å²) < 4.78 is 11.5. The van der Waals surface area contributed by atoms with E-state index in [0.29, 0.717) is 23.8 Å². The van der Waals surface area contributed by atoms with E-state index >= 15 is 0 Å². The minimum absolute atomic E-state index is 0.287. The number of para-hydroxylation sites is 1. The average Bonchev–Trinajstić information content (AvgIpc) is 3.47. The molecule has 38 heavy (non-hydrogen) atoms. The van der Waals surface area contributed by atoms with Gasteiger partial charge in [0, 0.05) is 5.39 Å². The first-order valence-corrected chi connectivity index (χ1v) is 12.8. The Labute approximate surface area is 221 Å². The molecular weight excluding hydrogens is 480 g/mol. The van der Waals surface area contributed by atoms with Crippen LogP contribution in [0.4, 0.5) is 11.4 Å². The molecule has 6 rings (SSSR count). The fourth-order valence-corrected chi connectivity index (χ4v) is 5.39. The SMILES string of the molecule is CCCOc1ccc([C@@H]2[C@H]3C(=O)N(c4cccc5ccccc45)C(=O)[C@@H]3ON2c2ccccc2)cc1OC. The van der Waals surface area contributed by atoms with Crippen molar-refractivity contribution in [3.05, 3.63) is 96.6 Å². The molecule has 2 saturated heterocycles. The topological polar surface area (TPSA) is 68.3 Å². The number of rotatable bonds is 7. The molecule has 7 nitrogen and oxygen atoms in total. The number of carbonyl (C=O) groups excluding carboxylic acids is 2. The molecule has 0 aromatic heterocycles. The van der Waals surface area contributed by atoms with E-state index in [4.69, 9.17) is 14.3 Å². The van der Waals surface area contributed by atoms with Gasteiger partial charge in [-0.15, -0.1) is 0 Å². The van der Waals surface area contributed by atoms with Crippen molar-refractivity contribution in [1.82, 2.24) is 0 Å². The predicted octanol–water partition coefficient (Wildman–Crippen LogP) is 5.69. The Balaban J connectivity index is 1.44. The summed E-state index contributed by atoms with van der Waals surface area (Å²) in [6.45, 7) is 2.61. The van der Waals surface area contributed by atoms with Gasteiger partial charge in [0.2, 0.25) is 5.91 Å². The molecule has 2 amide bonds. The van der Waals surface area contributed by atoms with Gasteiger partial charge in [-0.2, -0.15) is 0 Å². The Kier molecular flexibility index (Phi) is 6.21. The summed E-state index contributed by atoms with van der Waals surface area (Å²) in [5.41, 5.74) is 2.12. The van der Waals surface area contributed by atoms with E-state index in [0.717, 1.165) is 28.4 Å². The number of amides is 2. The first-order chi connectivity index (χ1) is 18.6. The van der Waals surface area contributed by atoms with Gasteiger partial charge in [-0.25, -0.2) is 9.96 Å². The maximum absolute atomic E-state index is 14.1. The van der Waals surface area contributed by atoms with Crippen LogP contribution >= 0.6 is 0 Å².